The van der Waals surface area contributed by atoms with Crippen molar-refractivity contribution in [3.63, 3.8) is 0 Å². The fourth-order valence-electron chi connectivity index (χ4n) is 6.00. The Morgan fingerprint density at radius 1 is 1.00 bits per heavy atom. The molecular formula is C35H32FN3O5. The molecule has 8 nitrogen and oxygen atoms in total. The molecule has 0 aliphatic carbocycles. The van der Waals surface area contributed by atoms with Crippen LogP contribution in [-0.2, 0) is 19.1 Å². The first-order chi connectivity index (χ1) is 21.4. The minimum absolute atomic E-state index is 0.101. The van der Waals surface area contributed by atoms with Gasteiger partial charge in [-0.05, 0) is 53.4 Å². The number of nitrogens with one attached hydrogen (secondary N) is 3. The van der Waals surface area contributed by atoms with Crippen LogP contribution in [0.3, 0.4) is 0 Å². The number of benzene rings is 3. The summed E-state index contributed by atoms with van der Waals surface area (Å²) in [6.07, 6.45) is 2.80. The highest BCUT2D eigenvalue weighted by Crippen LogP contribution is 2.30. The van der Waals surface area contributed by atoms with Crippen LogP contribution in [-0.4, -0.2) is 47.7 Å². The normalized spacial score (nSPS) is 18.7. The molecule has 0 saturated carbocycles. The minimum Gasteiger partial charge on any atom is -0.462 e. The molecule has 2 aliphatic rings. The number of amides is 2. The third kappa shape index (κ3) is 6.32. The largest absolute Gasteiger partial charge is 0.462 e. The summed E-state index contributed by atoms with van der Waals surface area (Å²) in [5, 5.41) is 7.90. The zero-order valence-corrected chi connectivity index (χ0v) is 24.0. The van der Waals surface area contributed by atoms with Gasteiger partial charge in [0.15, 0.2) is 5.78 Å². The fourth-order valence-corrected chi connectivity index (χ4v) is 6.00. The van der Waals surface area contributed by atoms with E-state index in [2.05, 4.69) is 15.6 Å². The summed E-state index contributed by atoms with van der Waals surface area (Å²) in [4.78, 5) is 55.3. The number of Topliss-reactive ketones (excluding diaryl/α,β-unsaturated/α-hetero) is 1. The van der Waals surface area contributed by atoms with E-state index in [1.54, 1.807) is 12.1 Å². The molecule has 224 valence electrons. The van der Waals surface area contributed by atoms with E-state index >= 15 is 0 Å². The number of H-pyrrole nitrogens is 1. The molecule has 3 heterocycles. The van der Waals surface area contributed by atoms with Gasteiger partial charge < -0.3 is 20.4 Å². The maximum Gasteiger partial charge on any atom is 0.333 e. The van der Waals surface area contributed by atoms with Crippen LogP contribution in [0.1, 0.15) is 47.7 Å². The molecule has 2 fully saturated rings. The molecule has 1 aromatic heterocycles. The van der Waals surface area contributed by atoms with Crippen molar-refractivity contribution in [3.8, 4) is 11.3 Å². The van der Waals surface area contributed by atoms with Crippen molar-refractivity contribution in [2.75, 3.05) is 13.2 Å². The van der Waals surface area contributed by atoms with Crippen molar-refractivity contribution in [1.82, 2.24) is 15.6 Å². The quantitative estimate of drug-likeness (QED) is 0.133. The van der Waals surface area contributed by atoms with E-state index in [0.717, 1.165) is 22.0 Å². The maximum atomic E-state index is 13.9. The summed E-state index contributed by atoms with van der Waals surface area (Å²) < 4.78 is 18.9. The van der Waals surface area contributed by atoms with Gasteiger partial charge in [-0.3, -0.25) is 14.4 Å². The van der Waals surface area contributed by atoms with Gasteiger partial charge in [-0.25, -0.2) is 9.18 Å². The van der Waals surface area contributed by atoms with E-state index < -0.39 is 29.7 Å². The molecule has 0 spiro atoms. The molecule has 0 radical (unpaired) electrons. The topological polar surface area (TPSA) is 117 Å². The predicted molar refractivity (Wildman–Crippen MR) is 163 cm³/mol. The predicted octanol–water partition coefficient (Wildman–Crippen LogP) is 5.21. The molecule has 4 aromatic rings. The summed E-state index contributed by atoms with van der Waals surface area (Å²) in [7, 11) is 0. The molecule has 44 heavy (non-hydrogen) atoms. The fraction of sp³-hybridized carbons (Fsp3) is 0.257. The molecule has 2 amide bonds. The van der Waals surface area contributed by atoms with Crippen LogP contribution in [0.4, 0.5) is 4.39 Å². The standard InChI is InChI=1S/C35H32FN3O5/c36-25-10-8-22(9-11-25)29(34(42)38-26(18-23-14-16-37-33(23)41)19-24-15-17-44-35(24)43)20-32(40)31-13-12-30(39-31)28-7-3-5-21-4-1-2-6-27(21)28/h1-13,19,23,26,29,39H,14-18,20H2,(H,37,41)(H,38,42)/b24-19+/t23-,26-,29?/m0/s1. The van der Waals surface area contributed by atoms with E-state index in [4.69, 9.17) is 4.74 Å². The lowest BCUT2D eigenvalue weighted by Crippen LogP contribution is -2.40. The Balaban J connectivity index is 1.26. The number of hydrogen-bond donors (Lipinski definition) is 3. The second-order valence-electron chi connectivity index (χ2n) is 11.2. The number of halogens is 1. The van der Waals surface area contributed by atoms with Crippen molar-refractivity contribution in [2.45, 2.75) is 37.6 Å². The molecule has 1 unspecified atom stereocenters. The molecule has 3 atom stereocenters. The maximum absolute atomic E-state index is 13.9. The van der Waals surface area contributed by atoms with Crippen molar-refractivity contribution in [3.05, 3.63) is 108 Å². The molecule has 3 N–H and O–H groups in total. The summed E-state index contributed by atoms with van der Waals surface area (Å²) in [5.41, 5.74) is 2.99. The van der Waals surface area contributed by atoms with Gasteiger partial charge in [0.1, 0.15) is 5.82 Å². The first-order valence-electron chi connectivity index (χ1n) is 14.8. The lowest BCUT2D eigenvalue weighted by molar-refractivity contribution is -0.135. The number of carbonyl (C=O) groups is 4. The summed E-state index contributed by atoms with van der Waals surface area (Å²) >= 11 is 0. The van der Waals surface area contributed by atoms with Crippen LogP contribution in [0.25, 0.3) is 22.0 Å². The molecular weight excluding hydrogens is 561 g/mol. The SMILES string of the molecule is O=C1OCC/C1=C\[C@H](C[C@@H]1CCNC1=O)NC(=O)C(CC(=O)c1ccc(-c2cccc3ccccc23)[nH]1)c1ccc(F)cc1. The monoisotopic (exact) mass is 593 g/mol. The highest BCUT2D eigenvalue weighted by molar-refractivity contribution is 6.01. The Morgan fingerprint density at radius 2 is 1.80 bits per heavy atom. The third-order valence-electron chi connectivity index (χ3n) is 8.34. The third-order valence-corrected chi connectivity index (χ3v) is 8.34. The first-order valence-corrected chi connectivity index (χ1v) is 14.8. The number of ether oxygens (including phenoxy) is 1. The van der Waals surface area contributed by atoms with E-state index in [0.29, 0.717) is 42.6 Å². The number of cyclic esters (lactones) is 1. The van der Waals surface area contributed by atoms with E-state index in [-0.39, 0.29) is 30.6 Å². The van der Waals surface area contributed by atoms with Crippen molar-refractivity contribution in [2.24, 2.45) is 5.92 Å². The lowest BCUT2D eigenvalue weighted by atomic mass is 9.90. The smallest absolute Gasteiger partial charge is 0.333 e. The number of aromatic amines is 1. The number of carbonyl (C=O) groups excluding carboxylic acids is 4. The summed E-state index contributed by atoms with van der Waals surface area (Å²) in [6.45, 7) is 0.811. The van der Waals surface area contributed by atoms with E-state index in [1.807, 2.05) is 48.5 Å². The van der Waals surface area contributed by atoms with Crippen LogP contribution >= 0.6 is 0 Å². The van der Waals surface area contributed by atoms with Crippen LogP contribution in [0.5, 0.6) is 0 Å². The molecule has 2 saturated heterocycles. The molecule has 3 aromatic carbocycles. The molecule has 0 bridgehead atoms. The molecule has 9 heteroatoms. The Morgan fingerprint density at radius 3 is 2.55 bits per heavy atom. The Labute approximate surface area is 253 Å². The van der Waals surface area contributed by atoms with Gasteiger partial charge in [0.25, 0.3) is 0 Å². The molecule has 6 rings (SSSR count). The highest BCUT2D eigenvalue weighted by atomic mass is 19.1. The second kappa shape index (κ2) is 12.7. The average Bonchev–Trinajstić information content (AvgIpc) is 3.78. The summed E-state index contributed by atoms with van der Waals surface area (Å²) in [6, 6.07) is 22.4. The Kier molecular flexibility index (Phi) is 8.36. The average molecular weight is 594 g/mol. The number of rotatable bonds is 10. The van der Waals surface area contributed by atoms with Crippen LogP contribution < -0.4 is 10.6 Å². The first kappa shape index (κ1) is 29.0. The zero-order chi connectivity index (χ0) is 30.6. The Hall–Kier alpha value is -5.05. The minimum atomic E-state index is -0.943. The second-order valence-corrected chi connectivity index (χ2v) is 11.2. The van der Waals surface area contributed by atoms with Gasteiger partial charge in [-0.15, -0.1) is 0 Å². The Bertz CT molecular complexity index is 1750. The van der Waals surface area contributed by atoms with Crippen LogP contribution in [0.15, 0.2) is 90.5 Å². The highest BCUT2D eigenvalue weighted by Gasteiger charge is 2.32. The van der Waals surface area contributed by atoms with Gasteiger partial charge in [0.2, 0.25) is 11.8 Å². The van der Waals surface area contributed by atoms with Gasteiger partial charge in [-0.2, -0.15) is 0 Å². The lowest BCUT2D eigenvalue weighted by Gasteiger charge is -2.23. The number of hydrogen-bond acceptors (Lipinski definition) is 5. The van der Waals surface area contributed by atoms with Crippen molar-refractivity contribution in [1.29, 1.82) is 0 Å². The van der Waals surface area contributed by atoms with Gasteiger partial charge in [0, 0.05) is 48.2 Å². The number of esters is 1. The summed E-state index contributed by atoms with van der Waals surface area (Å²) in [5.74, 6) is -3.02. The van der Waals surface area contributed by atoms with Gasteiger partial charge in [0.05, 0.1) is 18.2 Å². The van der Waals surface area contributed by atoms with E-state index in [9.17, 15) is 23.6 Å². The van der Waals surface area contributed by atoms with Crippen molar-refractivity contribution >= 4 is 34.3 Å². The number of ketones is 1. The zero-order valence-electron chi connectivity index (χ0n) is 24.0. The van der Waals surface area contributed by atoms with Crippen molar-refractivity contribution < 1.29 is 28.3 Å². The number of fused-ring (bicyclic) bond motifs is 1. The van der Waals surface area contributed by atoms with Crippen LogP contribution in [0, 0.1) is 11.7 Å². The van der Waals surface area contributed by atoms with E-state index in [1.165, 1.54) is 24.3 Å². The molecule has 2 aliphatic heterocycles. The van der Waals surface area contributed by atoms with Crippen LogP contribution in [0.2, 0.25) is 0 Å². The van der Waals surface area contributed by atoms with Gasteiger partial charge >= 0.3 is 5.97 Å². The number of aromatic nitrogens is 1. The van der Waals surface area contributed by atoms with Gasteiger partial charge in [-0.1, -0.05) is 60.7 Å².